The summed E-state index contributed by atoms with van der Waals surface area (Å²) in [5, 5.41) is 8.81. The van der Waals surface area contributed by atoms with Gasteiger partial charge in [-0.2, -0.15) is 0 Å². The van der Waals surface area contributed by atoms with Crippen LogP contribution in [0.3, 0.4) is 0 Å². The number of carbonyl (C=O) groups excluding carboxylic acids is 1. The van der Waals surface area contributed by atoms with Crippen LogP contribution in [-0.2, 0) is 4.79 Å². The quantitative estimate of drug-likeness (QED) is 0.736. The summed E-state index contributed by atoms with van der Waals surface area (Å²) in [4.78, 5) is 19.2. The van der Waals surface area contributed by atoms with Gasteiger partial charge in [0.25, 0.3) is 0 Å². The van der Waals surface area contributed by atoms with Crippen molar-refractivity contribution in [3.05, 3.63) is 0 Å². The maximum absolute atomic E-state index is 12.4. The fourth-order valence-corrected chi connectivity index (χ4v) is 3.40. The number of likely N-dealkylation sites (tertiary alicyclic amines) is 1. The number of amides is 1. The van der Waals surface area contributed by atoms with Gasteiger partial charge in [0.2, 0.25) is 5.91 Å². The molecule has 0 spiro atoms. The molecule has 5 nitrogen and oxygen atoms in total. The van der Waals surface area contributed by atoms with Gasteiger partial charge < -0.3 is 14.9 Å². The van der Waals surface area contributed by atoms with Gasteiger partial charge in [-0.3, -0.25) is 9.69 Å². The number of carbonyl (C=O) groups is 1. The Bertz CT molecular complexity index is 317. The van der Waals surface area contributed by atoms with Crippen LogP contribution in [0, 0.1) is 0 Å². The lowest BCUT2D eigenvalue weighted by Gasteiger charge is -2.37. The van der Waals surface area contributed by atoms with Gasteiger partial charge in [-0.1, -0.05) is 6.42 Å². The summed E-state index contributed by atoms with van der Waals surface area (Å²) in [6.45, 7) is 6.18. The minimum Gasteiger partial charge on any atom is -0.396 e. The van der Waals surface area contributed by atoms with E-state index in [0.29, 0.717) is 18.4 Å². The fraction of sp³-hybridized carbons (Fsp3) is 0.938. The largest absolute Gasteiger partial charge is 0.396 e. The predicted octanol–water partition coefficient (Wildman–Crippen LogP) is 0.778. The lowest BCUT2D eigenvalue weighted by molar-refractivity contribution is -0.134. The van der Waals surface area contributed by atoms with Crippen LogP contribution in [0.2, 0.25) is 0 Å². The molecule has 0 unspecified atom stereocenters. The van der Waals surface area contributed by atoms with Gasteiger partial charge >= 0.3 is 0 Å². The Morgan fingerprint density at radius 2 is 1.86 bits per heavy atom. The third-order valence-corrected chi connectivity index (χ3v) is 4.94. The highest BCUT2D eigenvalue weighted by Gasteiger charge is 2.26. The normalized spacial score (nSPS) is 25.2. The fourth-order valence-electron chi connectivity index (χ4n) is 3.40. The minimum atomic E-state index is 0.285. The van der Waals surface area contributed by atoms with Crippen LogP contribution in [0.5, 0.6) is 0 Å². The van der Waals surface area contributed by atoms with E-state index in [4.69, 9.17) is 5.11 Å². The molecule has 2 saturated heterocycles. The topological polar surface area (TPSA) is 47.0 Å². The van der Waals surface area contributed by atoms with E-state index in [2.05, 4.69) is 16.8 Å². The molecule has 2 rings (SSSR count). The molecule has 1 N–H and O–H groups in total. The second-order valence-corrected chi connectivity index (χ2v) is 6.49. The first-order chi connectivity index (χ1) is 10.2. The van der Waals surface area contributed by atoms with Crippen LogP contribution in [0.25, 0.3) is 0 Å². The number of piperazine rings is 1. The van der Waals surface area contributed by atoms with E-state index in [1.807, 2.05) is 4.90 Å². The zero-order valence-corrected chi connectivity index (χ0v) is 13.5. The Balaban J connectivity index is 1.67. The number of rotatable bonds is 6. The van der Waals surface area contributed by atoms with Crippen LogP contribution in [0.15, 0.2) is 0 Å². The summed E-state index contributed by atoms with van der Waals surface area (Å²) in [5.41, 5.74) is 0. The van der Waals surface area contributed by atoms with Crippen LogP contribution < -0.4 is 0 Å². The first kappa shape index (κ1) is 16.7. The Morgan fingerprint density at radius 3 is 2.52 bits per heavy atom. The molecule has 0 saturated carbocycles. The Hall–Kier alpha value is -0.650. The molecule has 0 aromatic rings. The summed E-state index contributed by atoms with van der Waals surface area (Å²) >= 11 is 0. The molecule has 0 aliphatic carbocycles. The van der Waals surface area contributed by atoms with Crippen molar-refractivity contribution in [3.8, 4) is 0 Å². The standard InChI is InChI=1S/C16H31N3O2/c1-17-7-3-2-6-15(17)14-16(21)19-11-9-18(10-12-19)8-4-5-13-20/h15,20H,2-14H2,1H3/t15-/m1/s1. The number of hydrogen-bond donors (Lipinski definition) is 1. The average molecular weight is 297 g/mol. The summed E-state index contributed by atoms with van der Waals surface area (Å²) in [6, 6.07) is 0.453. The smallest absolute Gasteiger partial charge is 0.224 e. The monoisotopic (exact) mass is 297 g/mol. The molecule has 21 heavy (non-hydrogen) atoms. The SMILES string of the molecule is CN1CCCC[C@@H]1CC(=O)N1CCN(CCCCO)CC1. The average Bonchev–Trinajstić information content (AvgIpc) is 2.50. The van der Waals surface area contributed by atoms with Gasteiger partial charge in [-0.15, -0.1) is 0 Å². The highest BCUT2D eigenvalue weighted by molar-refractivity contribution is 5.77. The van der Waals surface area contributed by atoms with Gasteiger partial charge in [0, 0.05) is 45.2 Å². The van der Waals surface area contributed by atoms with E-state index in [0.717, 1.165) is 52.1 Å². The number of hydrogen-bond acceptors (Lipinski definition) is 4. The van der Waals surface area contributed by atoms with Crippen molar-refractivity contribution in [1.29, 1.82) is 0 Å². The van der Waals surface area contributed by atoms with Gasteiger partial charge in [0.1, 0.15) is 0 Å². The Morgan fingerprint density at radius 1 is 1.10 bits per heavy atom. The highest BCUT2D eigenvalue weighted by atomic mass is 16.2. The summed E-state index contributed by atoms with van der Waals surface area (Å²) < 4.78 is 0. The number of aliphatic hydroxyl groups is 1. The van der Waals surface area contributed by atoms with Gasteiger partial charge in [-0.25, -0.2) is 0 Å². The first-order valence-corrected chi connectivity index (χ1v) is 8.52. The van der Waals surface area contributed by atoms with Crippen LogP contribution in [-0.4, -0.2) is 84.7 Å². The zero-order chi connectivity index (χ0) is 15.1. The molecule has 0 bridgehead atoms. The summed E-state index contributed by atoms with van der Waals surface area (Å²) in [5.74, 6) is 0.337. The number of nitrogens with zero attached hydrogens (tertiary/aromatic N) is 3. The van der Waals surface area contributed by atoms with Crippen LogP contribution in [0.4, 0.5) is 0 Å². The minimum absolute atomic E-state index is 0.285. The molecule has 2 fully saturated rings. The van der Waals surface area contributed by atoms with E-state index in [-0.39, 0.29) is 6.61 Å². The second-order valence-electron chi connectivity index (χ2n) is 6.49. The molecule has 0 aromatic heterocycles. The van der Waals surface area contributed by atoms with Crippen molar-refractivity contribution < 1.29 is 9.90 Å². The van der Waals surface area contributed by atoms with Gasteiger partial charge in [0.15, 0.2) is 0 Å². The molecule has 2 aliphatic rings. The first-order valence-electron chi connectivity index (χ1n) is 8.52. The van der Waals surface area contributed by atoms with Crippen molar-refractivity contribution in [2.75, 3.05) is 52.9 Å². The Labute approximate surface area is 128 Å². The lowest BCUT2D eigenvalue weighted by atomic mass is 9.99. The van der Waals surface area contributed by atoms with E-state index in [9.17, 15) is 4.79 Å². The maximum atomic E-state index is 12.4. The Kier molecular flexibility index (Phi) is 6.93. The molecular weight excluding hydrogens is 266 g/mol. The molecule has 1 amide bonds. The van der Waals surface area contributed by atoms with E-state index in [1.165, 1.54) is 19.3 Å². The van der Waals surface area contributed by atoms with E-state index >= 15 is 0 Å². The van der Waals surface area contributed by atoms with Crippen molar-refractivity contribution >= 4 is 5.91 Å². The summed E-state index contributed by atoms with van der Waals surface area (Å²) in [6.07, 6.45) is 6.34. The molecule has 122 valence electrons. The van der Waals surface area contributed by atoms with Crippen molar-refractivity contribution in [2.45, 2.75) is 44.6 Å². The molecule has 0 radical (unpaired) electrons. The number of piperidine rings is 1. The lowest BCUT2D eigenvalue weighted by Crippen LogP contribution is -2.50. The van der Waals surface area contributed by atoms with Crippen molar-refractivity contribution in [3.63, 3.8) is 0 Å². The van der Waals surface area contributed by atoms with E-state index in [1.54, 1.807) is 0 Å². The van der Waals surface area contributed by atoms with Crippen molar-refractivity contribution in [2.24, 2.45) is 0 Å². The molecule has 1 atom stereocenters. The van der Waals surface area contributed by atoms with Crippen molar-refractivity contribution in [1.82, 2.24) is 14.7 Å². The summed E-state index contributed by atoms with van der Waals surface area (Å²) in [7, 11) is 2.15. The molecule has 5 heteroatoms. The maximum Gasteiger partial charge on any atom is 0.224 e. The van der Waals surface area contributed by atoms with E-state index < -0.39 is 0 Å². The third kappa shape index (κ3) is 5.24. The molecule has 0 aromatic carbocycles. The number of aliphatic hydroxyl groups excluding tert-OH is 1. The van der Waals surface area contributed by atoms with Gasteiger partial charge in [-0.05, 0) is 45.8 Å². The van der Waals surface area contributed by atoms with Crippen LogP contribution >= 0.6 is 0 Å². The molecule has 2 aliphatic heterocycles. The third-order valence-electron chi connectivity index (χ3n) is 4.94. The molecule has 2 heterocycles. The zero-order valence-electron chi connectivity index (χ0n) is 13.5. The highest BCUT2D eigenvalue weighted by Crippen LogP contribution is 2.19. The van der Waals surface area contributed by atoms with Gasteiger partial charge in [0.05, 0.1) is 0 Å². The van der Waals surface area contributed by atoms with Crippen LogP contribution in [0.1, 0.15) is 38.5 Å². The second kappa shape index (κ2) is 8.71. The molecular formula is C16H31N3O2. The number of unbranched alkanes of at least 4 members (excludes halogenated alkanes) is 1. The predicted molar refractivity (Wildman–Crippen MR) is 84.2 cm³/mol.